The molecule has 0 spiro atoms. The zero-order chi connectivity index (χ0) is 19.5. The molecule has 0 saturated carbocycles. The van der Waals surface area contributed by atoms with Crippen LogP contribution in [0.25, 0.3) is 49.0 Å². The molecule has 0 bridgehead atoms. The van der Waals surface area contributed by atoms with E-state index < -0.39 is 0 Å². The second-order valence-corrected chi connectivity index (χ2v) is 7.25. The van der Waals surface area contributed by atoms with Crippen molar-refractivity contribution < 1.29 is 4.79 Å². The highest BCUT2D eigenvalue weighted by Gasteiger charge is 2.17. The first kappa shape index (κ1) is 16.0. The molecule has 136 valence electrons. The molecule has 0 aliphatic carbocycles. The molecular weight excluding hydrogens is 360 g/mol. The zero-order valence-corrected chi connectivity index (χ0v) is 15.3. The molecule has 4 aromatic carbocycles. The van der Waals surface area contributed by atoms with Crippen molar-refractivity contribution in [3.63, 3.8) is 0 Å². The van der Waals surface area contributed by atoms with E-state index in [0.29, 0.717) is 17.5 Å². The summed E-state index contributed by atoms with van der Waals surface area (Å²) in [5.74, 6) is 1.84. The molecule has 2 heterocycles. The molecule has 0 atom stereocenters. The predicted octanol–water partition coefficient (Wildman–Crippen LogP) is 4.68. The highest BCUT2D eigenvalue weighted by atomic mass is 16.1. The molecule has 0 aliphatic rings. The van der Waals surface area contributed by atoms with E-state index >= 15 is 0 Å². The average molecular weight is 374 g/mol. The van der Waals surface area contributed by atoms with Gasteiger partial charge in [0.25, 0.3) is 5.56 Å². The molecule has 0 radical (unpaired) electrons. The third-order valence-corrected chi connectivity index (χ3v) is 5.75. The molecule has 2 aromatic heterocycles. The van der Waals surface area contributed by atoms with Crippen molar-refractivity contribution in [1.29, 1.82) is 0 Å². The van der Waals surface area contributed by atoms with Crippen molar-refractivity contribution in [3.8, 4) is 0 Å². The number of allylic oxidation sites excluding steroid dienone is 1. The second kappa shape index (κ2) is 5.74. The number of benzene rings is 4. The molecule has 6 rings (SSSR count). The van der Waals surface area contributed by atoms with Crippen molar-refractivity contribution in [2.75, 3.05) is 0 Å². The third-order valence-electron chi connectivity index (χ3n) is 5.75. The smallest absolute Gasteiger partial charge is 0.264 e. The summed E-state index contributed by atoms with van der Waals surface area (Å²) in [6, 6.07) is 21.8. The average Bonchev–Trinajstić information content (AvgIpc) is 2.76. The van der Waals surface area contributed by atoms with Gasteiger partial charge in [-0.15, -0.1) is 0 Å². The zero-order valence-electron chi connectivity index (χ0n) is 15.3. The maximum Gasteiger partial charge on any atom is 0.264 e. The summed E-state index contributed by atoms with van der Waals surface area (Å²) in [6.07, 6.45) is 1.95. The van der Waals surface area contributed by atoms with Gasteiger partial charge in [0.2, 0.25) is 0 Å². The Hall–Kier alpha value is -4.01. The van der Waals surface area contributed by atoms with Gasteiger partial charge in [0.1, 0.15) is 11.6 Å². The van der Waals surface area contributed by atoms with Gasteiger partial charge in [-0.2, -0.15) is 0 Å². The predicted molar refractivity (Wildman–Crippen MR) is 117 cm³/mol. The lowest BCUT2D eigenvalue weighted by Crippen LogP contribution is -2.16. The Labute approximate surface area is 164 Å². The fraction of sp³-hybridized carbons (Fsp3) is 0.0400. The van der Waals surface area contributed by atoms with Crippen LogP contribution in [0.3, 0.4) is 0 Å². The fourth-order valence-electron chi connectivity index (χ4n) is 4.53. The van der Waals surface area contributed by atoms with Gasteiger partial charge in [0, 0.05) is 34.0 Å². The third kappa shape index (κ3) is 2.06. The van der Waals surface area contributed by atoms with Crippen LogP contribution in [-0.2, 0) is 11.2 Å². The van der Waals surface area contributed by atoms with Gasteiger partial charge < -0.3 is 0 Å². The van der Waals surface area contributed by atoms with Crippen molar-refractivity contribution in [1.82, 2.24) is 9.38 Å². The van der Waals surface area contributed by atoms with Crippen LogP contribution in [-0.4, -0.2) is 15.3 Å². The Kier molecular flexibility index (Phi) is 3.17. The van der Waals surface area contributed by atoms with Crippen molar-refractivity contribution in [2.45, 2.75) is 6.42 Å². The second-order valence-electron chi connectivity index (χ2n) is 7.25. The van der Waals surface area contributed by atoms with Crippen LogP contribution in [0.5, 0.6) is 0 Å². The van der Waals surface area contributed by atoms with Crippen LogP contribution in [0.4, 0.5) is 0 Å². The number of hydrogen-bond acceptors (Lipinski definition) is 3. The Morgan fingerprint density at radius 2 is 1.66 bits per heavy atom. The van der Waals surface area contributed by atoms with E-state index in [1.165, 1.54) is 6.08 Å². The monoisotopic (exact) mass is 374 g/mol. The molecule has 29 heavy (non-hydrogen) atoms. The van der Waals surface area contributed by atoms with E-state index in [2.05, 4.69) is 0 Å². The van der Waals surface area contributed by atoms with E-state index in [-0.39, 0.29) is 5.56 Å². The lowest BCUT2D eigenvalue weighted by atomic mass is 9.96. The summed E-state index contributed by atoms with van der Waals surface area (Å²) in [7, 11) is 0. The lowest BCUT2D eigenvalue weighted by molar-refractivity contribution is 0.568. The van der Waals surface area contributed by atoms with Crippen LogP contribution >= 0.6 is 0 Å². The Bertz CT molecular complexity index is 1700. The first-order chi connectivity index (χ1) is 14.3. The normalized spacial score (nSPS) is 11.7. The van der Waals surface area contributed by atoms with Crippen molar-refractivity contribution in [2.24, 2.45) is 0 Å². The number of pyridine rings is 1. The summed E-state index contributed by atoms with van der Waals surface area (Å²) in [5, 5.41) is 5.52. The summed E-state index contributed by atoms with van der Waals surface area (Å²) in [6.45, 7) is 0. The molecular formula is C25H14N2O2. The number of fused-ring (bicyclic) bond motifs is 3. The van der Waals surface area contributed by atoms with E-state index in [1.54, 1.807) is 4.40 Å². The SMILES string of the molecule is O=C=CCc1ccc2c(=O)n3c4cccc5cccc(nc3c3cccc1c23)c54. The lowest BCUT2D eigenvalue weighted by Gasteiger charge is -2.15. The molecule has 6 aromatic rings. The molecule has 0 amide bonds. The van der Waals surface area contributed by atoms with Crippen molar-refractivity contribution in [3.05, 3.63) is 88.7 Å². The van der Waals surface area contributed by atoms with Gasteiger partial charge >= 0.3 is 0 Å². The van der Waals surface area contributed by atoms with E-state index in [0.717, 1.165) is 43.5 Å². The first-order valence-electron chi connectivity index (χ1n) is 9.47. The number of rotatable bonds is 2. The highest BCUT2D eigenvalue weighted by molar-refractivity contribution is 6.17. The van der Waals surface area contributed by atoms with Crippen LogP contribution in [0.2, 0.25) is 0 Å². The van der Waals surface area contributed by atoms with Gasteiger partial charge in [-0.25, -0.2) is 9.78 Å². The summed E-state index contributed by atoms with van der Waals surface area (Å²) in [4.78, 5) is 29.2. The van der Waals surface area contributed by atoms with Crippen molar-refractivity contribution >= 4 is 54.9 Å². The molecule has 0 aliphatic heterocycles. The van der Waals surface area contributed by atoms with E-state index in [1.807, 2.05) is 72.7 Å². The highest BCUT2D eigenvalue weighted by Crippen LogP contribution is 2.33. The number of nitrogens with zero attached hydrogens (tertiary/aromatic N) is 2. The van der Waals surface area contributed by atoms with Gasteiger partial charge in [-0.05, 0) is 34.5 Å². The first-order valence-corrected chi connectivity index (χ1v) is 9.47. The Balaban J connectivity index is 1.92. The van der Waals surface area contributed by atoms with Gasteiger partial charge in [-0.3, -0.25) is 9.20 Å². The maximum atomic E-state index is 13.6. The minimum Gasteiger partial charge on any atom is -0.268 e. The quantitative estimate of drug-likeness (QED) is 0.251. The summed E-state index contributed by atoms with van der Waals surface area (Å²) < 4.78 is 1.73. The molecule has 0 saturated heterocycles. The molecule has 0 N–H and O–H groups in total. The number of hydrogen-bond donors (Lipinski definition) is 0. The molecule has 0 unspecified atom stereocenters. The Morgan fingerprint density at radius 1 is 0.862 bits per heavy atom. The minimum atomic E-state index is -0.0769. The molecule has 0 fully saturated rings. The molecule has 4 nitrogen and oxygen atoms in total. The largest absolute Gasteiger partial charge is 0.268 e. The van der Waals surface area contributed by atoms with Crippen LogP contribution in [0.15, 0.2) is 77.6 Å². The van der Waals surface area contributed by atoms with Gasteiger partial charge in [-0.1, -0.05) is 48.5 Å². The maximum absolute atomic E-state index is 13.6. The Morgan fingerprint density at radius 3 is 2.52 bits per heavy atom. The summed E-state index contributed by atoms with van der Waals surface area (Å²) >= 11 is 0. The number of aromatic nitrogens is 2. The van der Waals surface area contributed by atoms with Crippen LogP contribution in [0, 0.1) is 0 Å². The van der Waals surface area contributed by atoms with Crippen LogP contribution in [0.1, 0.15) is 5.56 Å². The van der Waals surface area contributed by atoms with E-state index in [9.17, 15) is 9.59 Å². The fourth-order valence-corrected chi connectivity index (χ4v) is 4.53. The van der Waals surface area contributed by atoms with E-state index in [4.69, 9.17) is 4.98 Å². The minimum absolute atomic E-state index is 0.0769. The number of carbonyl (C=O) groups excluding carboxylic acids is 1. The molecule has 4 heteroatoms. The van der Waals surface area contributed by atoms with Crippen LogP contribution < -0.4 is 5.56 Å². The van der Waals surface area contributed by atoms with Gasteiger partial charge in [0.15, 0.2) is 0 Å². The summed E-state index contributed by atoms with van der Waals surface area (Å²) in [5.41, 5.74) is 3.31. The van der Waals surface area contributed by atoms with Gasteiger partial charge in [0.05, 0.1) is 11.0 Å². The topological polar surface area (TPSA) is 51.4 Å². The standard InChI is InChI=1S/C25H14N2O2/c28-14-4-7-15-12-13-19-23-17(15)8-3-9-18(23)24-26-20-10-1-5-16-6-2-11-21(22(16)20)27(24)25(19)29/h1-6,8-13H,7H2.